The number of nitrogens with two attached hydrogens (primary N) is 1. The number of aromatic nitrogens is 3. The van der Waals surface area contributed by atoms with Crippen LogP contribution in [0.25, 0.3) is 26.7 Å². The van der Waals surface area contributed by atoms with Crippen LogP contribution in [0.2, 0.25) is 0 Å². The summed E-state index contributed by atoms with van der Waals surface area (Å²) in [6.45, 7) is -1.86. The molecule has 2 aromatic carbocycles. The van der Waals surface area contributed by atoms with Gasteiger partial charge < -0.3 is 25.8 Å². The van der Waals surface area contributed by atoms with Crippen molar-refractivity contribution in [3.05, 3.63) is 65.9 Å². The van der Waals surface area contributed by atoms with Crippen molar-refractivity contribution in [2.45, 2.75) is 19.5 Å². The lowest BCUT2D eigenvalue weighted by Gasteiger charge is -2.16. The minimum absolute atomic E-state index is 0.0868. The number of allylic oxidation sites excluding steroid dienone is 2. The smallest absolute Gasteiger partial charge is 0.388 e. The molecule has 0 unspecified atom stereocenters. The molecule has 2 aromatic heterocycles. The number of phenolic OH excluding ortho intramolecular Hbond substituents is 1. The van der Waals surface area contributed by atoms with Gasteiger partial charge in [0.1, 0.15) is 17.9 Å². The van der Waals surface area contributed by atoms with E-state index in [4.69, 9.17) is 5.73 Å². The lowest BCUT2D eigenvalue weighted by atomic mass is 10.0. The van der Waals surface area contributed by atoms with Crippen molar-refractivity contribution in [1.29, 1.82) is 0 Å². The monoisotopic (exact) mass is 539 g/mol. The second-order valence-electron chi connectivity index (χ2n) is 8.32. The van der Waals surface area contributed by atoms with Gasteiger partial charge in [-0.25, -0.2) is 15.0 Å². The molecule has 0 fully saturated rings. The van der Waals surface area contributed by atoms with Gasteiger partial charge in [-0.05, 0) is 54.9 Å². The largest absolute Gasteiger partial charge is 0.507 e. The first-order chi connectivity index (χ1) is 18.4. The number of aliphatic imine (C=N–C) groups is 1. The number of nitrogens with zero attached hydrogens (tertiary/aromatic N) is 5. The molecule has 9 nitrogen and oxygen atoms in total. The van der Waals surface area contributed by atoms with Crippen LogP contribution in [0.15, 0.2) is 65.3 Å². The van der Waals surface area contributed by atoms with Gasteiger partial charge in [-0.1, -0.05) is 6.08 Å². The Kier molecular flexibility index (Phi) is 8.64. The molecule has 198 valence electrons. The van der Waals surface area contributed by atoms with Crippen LogP contribution in [0.5, 0.6) is 5.75 Å². The highest BCUT2D eigenvalue weighted by atomic mass is 32.1. The number of phenols is 1. The number of anilines is 2. The molecule has 1 aliphatic rings. The highest BCUT2D eigenvalue weighted by Gasteiger charge is 2.16. The molecule has 1 aliphatic heterocycles. The highest BCUT2D eigenvalue weighted by molar-refractivity contribution is 7.16. The van der Waals surface area contributed by atoms with Gasteiger partial charge in [0.05, 0.1) is 32.2 Å². The number of nitrogens with one attached hydrogen (secondary N) is 1. The normalized spacial score (nSPS) is 14.1. The van der Waals surface area contributed by atoms with Gasteiger partial charge in [-0.2, -0.15) is 8.78 Å². The van der Waals surface area contributed by atoms with E-state index in [1.165, 1.54) is 56.4 Å². The van der Waals surface area contributed by atoms with Crippen LogP contribution in [-0.2, 0) is 4.74 Å². The molecule has 3 heterocycles. The van der Waals surface area contributed by atoms with Gasteiger partial charge in [0.2, 0.25) is 0 Å². The van der Waals surface area contributed by atoms with Gasteiger partial charge in [-0.3, -0.25) is 4.99 Å². The number of alkyl halides is 2. The zero-order valence-electron chi connectivity index (χ0n) is 20.8. The molecule has 4 aromatic rings. The van der Waals surface area contributed by atoms with Crippen LogP contribution in [0.3, 0.4) is 0 Å². The minimum Gasteiger partial charge on any atom is -0.507 e. The summed E-state index contributed by atoms with van der Waals surface area (Å²) < 4.78 is 30.5. The maximum absolute atomic E-state index is 12.6. The number of hydrogen-bond acceptors (Lipinski definition) is 10. The van der Waals surface area contributed by atoms with E-state index in [1.54, 1.807) is 11.6 Å². The highest BCUT2D eigenvalue weighted by Crippen LogP contribution is 2.35. The van der Waals surface area contributed by atoms with E-state index in [1.807, 2.05) is 18.2 Å². The Morgan fingerprint density at radius 2 is 2.08 bits per heavy atom. The summed E-state index contributed by atoms with van der Waals surface area (Å²) in [7, 11) is 3.57. The van der Waals surface area contributed by atoms with Crippen LogP contribution in [0.1, 0.15) is 18.4 Å². The summed E-state index contributed by atoms with van der Waals surface area (Å²) in [5.74, 6) is -0.310. The zero-order valence-corrected chi connectivity index (χ0v) is 21.6. The summed E-state index contributed by atoms with van der Waals surface area (Å²) in [5, 5.41) is 14.2. The number of hydrogen-bond donors (Lipinski definition) is 3. The molecule has 0 atom stereocenters. The fourth-order valence-corrected chi connectivity index (χ4v) is 4.56. The Morgan fingerprint density at radius 1 is 1.24 bits per heavy atom. The topological polar surface area (TPSA) is 122 Å². The molecular formula is C26H27F2N7O2S. The Hall–Kier alpha value is -4.32. The van der Waals surface area contributed by atoms with Gasteiger partial charge in [-0.15, -0.1) is 11.3 Å². The zero-order chi connectivity index (χ0) is 27.1. The van der Waals surface area contributed by atoms with Crippen LogP contribution in [0, 0.1) is 0 Å². The summed E-state index contributed by atoms with van der Waals surface area (Å²) in [6, 6.07) is 8.59. The number of rotatable bonds is 6. The molecule has 38 heavy (non-hydrogen) atoms. The third-order valence-electron chi connectivity index (χ3n) is 5.60. The van der Waals surface area contributed by atoms with E-state index in [2.05, 4.69) is 54.2 Å². The average Bonchev–Trinajstić information content (AvgIpc) is 3.35. The van der Waals surface area contributed by atoms with Crippen molar-refractivity contribution < 1.29 is 18.6 Å². The summed E-state index contributed by atoms with van der Waals surface area (Å²) in [4.78, 5) is 18.7. The van der Waals surface area contributed by atoms with Gasteiger partial charge in [0, 0.05) is 32.5 Å². The Labute approximate surface area is 222 Å². The SMILES string of the molecule is CN1C=CCCC1.CN=C/C(=C(\N)OC(F)F)c1cc(O)c2c(Nc3ccc4ncsc4c3)ncnc2c1. The Morgan fingerprint density at radius 3 is 2.76 bits per heavy atom. The van der Waals surface area contributed by atoms with E-state index >= 15 is 0 Å². The van der Waals surface area contributed by atoms with Gasteiger partial charge >= 0.3 is 6.61 Å². The second-order valence-corrected chi connectivity index (χ2v) is 9.21. The molecule has 12 heteroatoms. The molecule has 0 amide bonds. The second kappa shape index (κ2) is 12.3. The standard InChI is InChI=1S/C20H16F2N6O2S.C6H11N/c1-24-7-12(18(23)30-20(21)22)10-4-14-17(15(29)5-10)19(26-8-25-14)28-11-2-3-13-16(6-11)31-9-27-13;1-7-5-3-2-4-6-7/h2-9,20,29H,23H2,1H3,(H,25,26,28);3,5H,2,4,6H2,1H3/b18-12-,24-7?;. The maximum Gasteiger partial charge on any atom is 0.388 e. The van der Waals surface area contributed by atoms with E-state index in [0.717, 1.165) is 15.9 Å². The number of fused-ring (bicyclic) bond motifs is 2. The third kappa shape index (κ3) is 6.51. The fourth-order valence-electron chi connectivity index (χ4n) is 3.85. The van der Waals surface area contributed by atoms with Crippen LogP contribution in [-0.4, -0.2) is 58.4 Å². The minimum atomic E-state index is -3.09. The number of aromatic hydroxyl groups is 1. The fraction of sp³-hybridized carbons (Fsp3) is 0.231. The molecule has 0 spiro atoms. The quantitative estimate of drug-likeness (QED) is 0.218. The first-order valence-electron chi connectivity index (χ1n) is 11.7. The first-order valence-corrected chi connectivity index (χ1v) is 12.6. The van der Waals surface area contributed by atoms with Crippen molar-refractivity contribution in [3.63, 3.8) is 0 Å². The van der Waals surface area contributed by atoms with Crippen LogP contribution >= 0.6 is 11.3 Å². The number of thiazole rings is 1. The molecular weight excluding hydrogens is 512 g/mol. The average molecular weight is 540 g/mol. The van der Waals surface area contributed by atoms with Crippen LogP contribution < -0.4 is 11.1 Å². The maximum atomic E-state index is 12.6. The molecule has 5 rings (SSSR count). The van der Waals surface area contributed by atoms with Crippen molar-refractivity contribution in [2.24, 2.45) is 10.7 Å². The number of benzene rings is 2. The van der Waals surface area contributed by atoms with Gasteiger partial charge in [0.15, 0.2) is 5.88 Å². The van der Waals surface area contributed by atoms with Gasteiger partial charge in [0.25, 0.3) is 0 Å². The lowest BCUT2D eigenvalue weighted by molar-refractivity contribution is -0.0960. The molecule has 0 radical (unpaired) electrons. The van der Waals surface area contributed by atoms with Crippen molar-refractivity contribution in [1.82, 2.24) is 19.9 Å². The first kappa shape index (κ1) is 26.7. The Bertz CT molecular complexity index is 1500. The predicted molar refractivity (Wildman–Crippen MR) is 148 cm³/mol. The number of halogens is 2. The summed E-state index contributed by atoms with van der Waals surface area (Å²) >= 11 is 1.51. The van der Waals surface area contributed by atoms with Crippen LogP contribution in [0.4, 0.5) is 20.3 Å². The van der Waals surface area contributed by atoms with E-state index in [-0.39, 0.29) is 11.3 Å². The van der Waals surface area contributed by atoms with E-state index < -0.39 is 12.5 Å². The molecule has 4 N–H and O–H groups in total. The molecule has 0 saturated carbocycles. The molecule has 0 saturated heterocycles. The Balaban J connectivity index is 0.000000417. The number of ether oxygens (including phenoxy) is 1. The summed E-state index contributed by atoms with van der Waals surface area (Å²) in [6.07, 6.45) is 9.54. The lowest BCUT2D eigenvalue weighted by Crippen LogP contribution is -2.14. The van der Waals surface area contributed by atoms with Crippen molar-refractivity contribution in [2.75, 3.05) is 26.0 Å². The van der Waals surface area contributed by atoms with Crippen molar-refractivity contribution in [3.8, 4) is 5.75 Å². The third-order valence-corrected chi connectivity index (χ3v) is 6.40. The molecule has 0 bridgehead atoms. The van der Waals surface area contributed by atoms with Crippen molar-refractivity contribution >= 4 is 55.7 Å². The predicted octanol–water partition coefficient (Wildman–Crippen LogP) is 5.48. The molecule has 0 aliphatic carbocycles. The van der Waals surface area contributed by atoms with E-state index in [0.29, 0.717) is 22.3 Å². The summed E-state index contributed by atoms with van der Waals surface area (Å²) in [5.41, 5.74) is 9.83. The van der Waals surface area contributed by atoms with E-state index in [9.17, 15) is 13.9 Å².